The van der Waals surface area contributed by atoms with Crippen molar-refractivity contribution >= 4 is 10.0 Å². The monoisotopic (exact) mass is 255 g/mol. The van der Waals surface area contributed by atoms with Crippen LogP contribution in [-0.4, -0.2) is 23.6 Å². The molecule has 0 aliphatic heterocycles. The van der Waals surface area contributed by atoms with E-state index in [9.17, 15) is 8.42 Å². The Morgan fingerprint density at radius 2 is 1.82 bits per heavy atom. The van der Waals surface area contributed by atoms with E-state index >= 15 is 0 Å². The average molecular weight is 255 g/mol. The van der Waals surface area contributed by atoms with E-state index in [0.717, 1.165) is 5.56 Å². The van der Waals surface area contributed by atoms with Gasteiger partial charge in [-0.25, -0.2) is 23.5 Å². The first-order chi connectivity index (χ1) is 7.89. The quantitative estimate of drug-likeness (QED) is 0.874. The topological polar surface area (TPSA) is 85.9 Å². The van der Waals surface area contributed by atoms with Gasteiger partial charge in [-0.1, -0.05) is 6.92 Å². The molecular formula is C11H17N3O2S. The molecule has 1 aliphatic rings. The normalized spacial score (nSPS) is 19.9. The highest BCUT2D eigenvalue weighted by Crippen LogP contribution is 2.39. The highest BCUT2D eigenvalue weighted by molar-refractivity contribution is 7.89. The van der Waals surface area contributed by atoms with Crippen LogP contribution in [0.25, 0.3) is 0 Å². The summed E-state index contributed by atoms with van der Waals surface area (Å²) in [6, 6.07) is 0. The molecule has 2 N–H and O–H groups in total. The van der Waals surface area contributed by atoms with Crippen LogP contribution in [0, 0.1) is 0 Å². The van der Waals surface area contributed by atoms with Gasteiger partial charge in [0.05, 0.1) is 5.25 Å². The molecule has 17 heavy (non-hydrogen) atoms. The Balaban J connectivity index is 2.16. The minimum Gasteiger partial charge on any atom is -0.241 e. The summed E-state index contributed by atoms with van der Waals surface area (Å²) in [6.07, 6.45) is 6.00. The van der Waals surface area contributed by atoms with Gasteiger partial charge in [0.15, 0.2) is 0 Å². The maximum absolute atomic E-state index is 11.3. The minimum atomic E-state index is -3.54. The van der Waals surface area contributed by atoms with E-state index in [4.69, 9.17) is 5.14 Å². The number of hydrogen-bond acceptors (Lipinski definition) is 4. The van der Waals surface area contributed by atoms with Crippen LogP contribution in [0.2, 0.25) is 0 Å². The lowest BCUT2D eigenvalue weighted by Gasteiger charge is -2.16. The van der Waals surface area contributed by atoms with Gasteiger partial charge in [-0.15, -0.1) is 0 Å². The van der Waals surface area contributed by atoms with E-state index in [1.807, 2.05) is 0 Å². The van der Waals surface area contributed by atoms with Gasteiger partial charge >= 0.3 is 0 Å². The molecule has 2 rings (SSSR count). The maximum atomic E-state index is 11.3. The van der Waals surface area contributed by atoms with Gasteiger partial charge in [-0.3, -0.25) is 0 Å². The van der Waals surface area contributed by atoms with Crippen LogP contribution in [0.3, 0.4) is 0 Å². The fraction of sp³-hybridized carbons (Fsp3) is 0.636. The van der Waals surface area contributed by atoms with Crippen LogP contribution in [0.1, 0.15) is 49.9 Å². The van der Waals surface area contributed by atoms with Gasteiger partial charge in [0, 0.05) is 18.3 Å². The third-order valence-electron chi connectivity index (χ3n) is 3.37. The van der Waals surface area contributed by atoms with Crippen LogP contribution >= 0.6 is 0 Å². The number of rotatable bonds is 4. The van der Waals surface area contributed by atoms with Gasteiger partial charge in [0.2, 0.25) is 10.0 Å². The molecule has 0 amide bonds. The van der Waals surface area contributed by atoms with Crippen molar-refractivity contribution in [3.63, 3.8) is 0 Å². The Bertz CT molecular complexity index is 494. The number of hydrogen-bond donors (Lipinski definition) is 1. The van der Waals surface area contributed by atoms with E-state index in [0.29, 0.717) is 11.7 Å². The molecular weight excluding hydrogens is 238 g/mol. The molecule has 1 saturated carbocycles. The molecule has 0 aromatic carbocycles. The minimum absolute atomic E-state index is 0.293. The van der Waals surface area contributed by atoms with Crippen LogP contribution in [-0.2, 0) is 10.0 Å². The Morgan fingerprint density at radius 3 is 2.24 bits per heavy atom. The van der Waals surface area contributed by atoms with Crippen LogP contribution in [0.5, 0.6) is 0 Å². The molecule has 0 radical (unpaired) electrons. The number of sulfonamides is 1. The summed E-state index contributed by atoms with van der Waals surface area (Å²) in [5.41, 5.74) is 1.14. The van der Waals surface area contributed by atoms with Crippen LogP contribution in [0.4, 0.5) is 0 Å². The summed E-state index contributed by atoms with van der Waals surface area (Å²) in [6.45, 7) is 3.36. The number of aromatic nitrogens is 2. The molecule has 1 aromatic rings. The summed E-state index contributed by atoms with van der Waals surface area (Å²) in [7, 11) is -3.54. The summed E-state index contributed by atoms with van der Waals surface area (Å²) >= 11 is 0. The fourth-order valence-corrected chi connectivity index (χ4v) is 2.40. The van der Waals surface area contributed by atoms with Gasteiger partial charge in [-0.05, 0) is 31.2 Å². The van der Waals surface area contributed by atoms with Gasteiger partial charge in [-0.2, -0.15) is 0 Å². The lowest BCUT2D eigenvalue weighted by atomic mass is 10.1. The highest BCUT2D eigenvalue weighted by Gasteiger charge is 2.28. The van der Waals surface area contributed by atoms with Gasteiger partial charge < -0.3 is 0 Å². The number of nitrogens with zero attached hydrogens (tertiary/aromatic N) is 2. The lowest BCUT2D eigenvalue weighted by molar-refractivity contribution is 0.564. The molecule has 1 fully saturated rings. The zero-order chi connectivity index (χ0) is 12.6. The summed E-state index contributed by atoms with van der Waals surface area (Å²) in [5.74, 6) is 0.851. The third-order valence-corrected chi connectivity index (χ3v) is 4.81. The second-order valence-corrected chi connectivity index (χ2v) is 6.65. The standard InChI is InChI=1S/C11H17N3O2S/c1-7(8(2)17(12,15)16)11-13-5-10(6-14-11)9-3-4-9/h5-9H,3-4H2,1-2H3,(H2,12,15,16)/t7-,8-/m0/s1. The molecule has 1 aliphatic carbocycles. The van der Waals surface area contributed by atoms with Crippen LogP contribution < -0.4 is 5.14 Å². The van der Waals surface area contributed by atoms with Crippen molar-refractivity contribution in [2.75, 3.05) is 0 Å². The van der Waals surface area contributed by atoms with E-state index in [2.05, 4.69) is 9.97 Å². The van der Waals surface area contributed by atoms with Crippen molar-refractivity contribution < 1.29 is 8.42 Å². The summed E-state index contributed by atoms with van der Waals surface area (Å²) < 4.78 is 22.5. The summed E-state index contributed by atoms with van der Waals surface area (Å²) in [5, 5.41) is 4.45. The van der Waals surface area contributed by atoms with Crippen molar-refractivity contribution in [3.8, 4) is 0 Å². The number of primary sulfonamides is 1. The first-order valence-corrected chi connectivity index (χ1v) is 7.34. The van der Waals surface area contributed by atoms with E-state index in [1.165, 1.54) is 12.8 Å². The second-order valence-electron chi connectivity index (χ2n) is 4.73. The van der Waals surface area contributed by atoms with Crippen molar-refractivity contribution in [1.29, 1.82) is 0 Å². The first kappa shape index (κ1) is 12.4. The molecule has 94 valence electrons. The molecule has 0 unspecified atom stereocenters. The van der Waals surface area contributed by atoms with Crippen molar-refractivity contribution in [2.45, 2.75) is 43.8 Å². The largest absolute Gasteiger partial charge is 0.241 e. The van der Waals surface area contributed by atoms with E-state index in [-0.39, 0.29) is 5.92 Å². The highest BCUT2D eigenvalue weighted by atomic mass is 32.2. The maximum Gasteiger partial charge on any atom is 0.212 e. The molecule has 5 nitrogen and oxygen atoms in total. The zero-order valence-corrected chi connectivity index (χ0v) is 10.8. The Labute approximate surface area is 102 Å². The Hall–Kier alpha value is -1.01. The van der Waals surface area contributed by atoms with Crippen molar-refractivity contribution in [1.82, 2.24) is 9.97 Å². The van der Waals surface area contributed by atoms with Crippen LogP contribution in [0.15, 0.2) is 12.4 Å². The second kappa shape index (κ2) is 4.34. The zero-order valence-electron chi connectivity index (χ0n) is 10.00. The molecule has 2 atom stereocenters. The van der Waals surface area contributed by atoms with Gasteiger partial charge in [0.25, 0.3) is 0 Å². The molecule has 6 heteroatoms. The first-order valence-electron chi connectivity index (χ1n) is 5.73. The lowest BCUT2D eigenvalue weighted by Crippen LogP contribution is -2.31. The predicted octanol–water partition coefficient (Wildman–Crippen LogP) is 1.13. The summed E-state index contributed by atoms with van der Waals surface area (Å²) in [4.78, 5) is 8.49. The van der Waals surface area contributed by atoms with Crippen molar-refractivity contribution in [2.24, 2.45) is 5.14 Å². The van der Waals surface area contributed by atoms with E-state index < -0.39 is 15.3 Å². The Morgan fingerprint density at radius 1 is 1.29 bits per heavy atom. The molecule has 1 heterocycles. The smallest absolute Gasteiger partial charge is 0.212 e. The SMILES string of the molecule is C[C@H](c1ncc(C2CC2)cn1)[C@H](C)S(N)(=O)=O. The Kier molecular flexibility index (Phi) is 3.18. The third kappa shape index (κ3) is 2.81. The molecule has 0 spiro atoms. The number of nitrogens with two attached hydrogens (primary N) is 1. The fourth-order valence-electron chi connectivity index (χ4n) is 1.71. The van der Waals surface area contributed by atoms with Crippen molar-refractivity contribution in [3.05, 3.63) is 23.8 Å². The predicted molar refractivity (Wildman–Crippen MR) is 65.0 cm³/mol. The molecule has 1 aromatic heterocycles. The van der Waals surface area contributed by atoms with E-state index in [1.54, 1.807) is 26.2 Å². The van der Waals surface area contributed by atoms with Gasteiger partial charge in [0.1, 0.15) is 5.82 Å². The molecule has 0 bridgehead atoms. The molecule has 0 saturated heterocycles. The average Bonchev–Trinajstić information content (AvgIpc) is 3.10.